The second-order valence-corrected chi connectivity index (χ2v) is 7.91. The zero-order valence-electron chi connectivity index (χ0n) is 15.6. The number of nitrogens with two attached hydrogens (primary N) is 1. The number of nitrogens with one attached hydrogen (secondary N) is 1. The Hall–Kier alpha value is -3.50. The minimum atomic E-state index is -3.75. The average Bonchev–Trinajstić information content (AvgIpc) is 3.12. The second-order valence-electron chi connectivity index (χ2n) is 6.35. The minimum Gasteiger partial charge on any atom is -0.455 e. The van der Waals surface area contributed by atoms with Crippen LogP contribution < -0.4 is 10.6 Å². The number of sulfonamides is 1. The summed E-state index contributed by atoms with van der Waals surface area (Å²) in [6.45, 7) is 3.69. The van der Waals surface area contributed by atoms with Crippen LogP contribution >= 0.6 is 0 Å². The van der Waals surface area contributed by atoms with Crippen LogP contribution in [0.25, 0.3) is 11.3 Å². The van der Waals surface area contributed by atoms with Crippen molar-refractivity contribution in [1.29, 1.82) is 0 Å². The molecule has 0 saturated carbocycles. The Morgan fingerprint density at radius 3 is 2.38 bits per heavy atom. The topological polar surface area (TPSA) is 141 Å². The van der Waals surface area contributed by atoms with Crippen molar-refractivity contribution in [2.75, 3.05) is 5.43 Å². The number of nitro groups is 1. The first kappa shape index (κ1) is 20.2. The van der Waals surface area contributed by atoms with Crippen LogP contribution in [-0.2, 0) is 10.0 Å². The lowest BCUT2D eigenvalue weighted by Crippen LogP contribution is -2.11. The standard InChI is InChI=1S/C19H18N4O5S/c1-12-9-17(18(23(24)25)10-13(12)2)19-8-5-15(28-19)11-21-22-14-3-6-16(7-4-14)29(20,26)27/h3-11,22H,1-2H3,(H2,20,26,27)/b21-11-. The van der Waals surface area contributed by atoms with Crippen LogP contribution in [-0.4, -0.2) is 19.6 Å². The number of anilines is 1. The van der Waals surface area contributed by atoms with Crippen molar-refractivity contribution in [3.63, 3.8) is 0 Å². The highest BCUT2D eigenvalue weighted by Gasteiger charge is 2.19. The molecule has 2 aromatic carbocycles. The largest absolute Gasteiger partial charge is 0.455 e. The molecular formula is C19H18N4O5S. The summed E-state index contributed by atoms with van der Waals surface area (Å²) in [6, 6.07) is 12.3. The number of hydrogen-bond donors (Lipinski definition) is 2. The summed E-state index contributed by atoms with van der Waals surface area (Å²) in [5.41, 5.74) is 5.39. The summed E-state index contributed by atoms with van der Waals surface area (Å²) in [4.78, 5) is 10.9. The van der Waals surface area contributed by atoms with E-state index in [1.54, 1.807) is 18.2 Å². The van der Waals surface area contributed by atoms with Crippen LogP contribution in [0, 0.1) is 24.0 Å². The van der Waals surface area contributed by atoms with E-state index in [-0.39, 0.29) is 10.6 Å². The van der Waals surface area contributed by atoms with Gasteiger partial charge in [-0.05, 0) is 67.4 Å². The maximum absolute atomic E-state index is 11.4. The molecule has 0 unspecified atom stereocenters. The fraction of sp³-hybridized carbons (Fsp3) is 0.105. The first-order chi connectivity index (χ1) is 13.6. The molecule has 3 aromatic rings. The lowest BCUT2D eigenvalue weighted by molar-refractivity contribution is -0.384. The lowest BCUT2D eigenvalue weighted by atomic mass is 10.0. The Morgan fingerprint density at radius 1 is 1.10 bits per heavy atom. The third-order valence-corrected chi connectivity index (χ3v) is 5.20. The third kappa shape index (κ3) is 4.68. The van der Waals surface area contributed by atoms with E-state index in [1.807, 2.05) is 13.8 Å². The Morgan fingerprint density at radius 2 is 1.76 bits per heavy atom. The van der Waals surface area contributed by atoms with Crippen LogP contribution in [0.5, 0.6) is 0 Å². The number of nitro benzene ring substituents is 1. The zero-order valence-corrected chi connectivity index (χ0v) is 16.4. The van der Waals surface area contributed by atoms with Gasteiger partial charge in [0.15, 0.2) is 0 Å². The fourth-order valence-electron chi connectivity index (χ4n) is 2.61. The smallest absolute Gasteiger partial charge is 0.280 e. The van der Waals surface area contributed by atoms with Gasteiger partial charge in [-0.2, -0.15) is 5.10 Å². The van der Waals surface area contributed by atoms with Gasteiger partial charge in [0.25, 0.3) is 5.69 Å². The van der Waals surface area contributed by atoms with Gasteiger partial charge in [0.1, 0.15) is 11.5 Å². The molecule has 0 aliphatic carbocycles. The molecule has 0 spiro atoms. The van der Waals surface area contributed by atoms with Crippen molar-refractivity contribution in [1.82, 2.24) is 0 Å². The molecule has 0 fully saturated rings. The minimum absolute atomic E-state index is 0.00214. The van der Waals surface area contributed by atoms with Crippen LogP contribution in [0.1, 0.15) is 16.9 Å². The molecule has 1 aromatic heterocycles. The van der Waals surface area contributed by atoms with E-state index in [2.05, 4.69) is 10.5 Å². The first-order valence-corrected chi connectivity index (χ1v) is 9.97. The number of nitrogens with zero attached hydrogens (tertiary/aromatic N) is 2. The molecule has 0 aliphatic heterocycles. The van der Waals surface area contributed by atoms with E-state index in [1.165, 1.54) is 36.5 Å². The van der Waals surface area contributed by atoms with Crippen molar-refractivity contribution in [2.24, 2.45) is 10.2 Å². The number of furan rings is 1. The van der Waals surface area contributed by atoms with Gasteiger partial charge in [-0.1, -0.05) is 0 Å². The van der Waals surface area contributed by atoms with Crippen molar-refractivity contribution < 1.29 is 17.8 Å². The number of hydrogen-bond acceptors (Lipinski definition) is 7. The molecule has 29 heavy (non-hydrogen) atoms. The summed E-state index contributed by atoms with van der Waals surface area (Å²) in [7, 11) is -3.75. The summed E-state index contributed by atoms with van der Waals surface area (Å²) < 4.78 is 28.2. The van der Waals surface area contributed by atoms with Crippen molar-refractivity contribution in [2.45, 2.75) is 18.7 Å². The van der Waals surface area contributed by atoms with Gasteiger partial charge < -0.3 is 4.42 Å². The van der Waals surface area contributed by atoms with Crippen LogP contribution in [0.3, 0.4) is 0 Å². The van der Waals surface area contributed by atoms with Gasteiger partial charge in [0, 0.05) is 6.07 Å². The van der Waals surface area contributed by atoms with Crippen molar-refractivity contribution in [3.8, 4) is 11.3 Å². The molecule has 0 aliphatic rings. The number of primary sulfonamides is 1. The Bertz CT molecular complexity index is 1200. The Kier molecular flexibility index (Phi) is 5.48. The van der Waals surface area contributed by atoms with Gasteiger partial charge in [0.2, 0.25) is 10.0 Å². The van der Waals surface area contributed by atoms with Gasteiger partial charge >= 0.3 is 0 Å². The highest BCUT2D eigenvalue weighted by molar-refractivity contribution is 7.89. The molecule has 9 nitrogen and oxygen atoms in total. The molecule has 10 heteroatoms. The predicted molar refractivity (Wildman–Crippen MR) is 109 cm³/mol. The molecule has 150 valence electrons. The molecule has 0 bridgehead atoms. The summed E-state index contributed by atoms with van der Waals surface area (Å²) >= 11 is 0. The van der Waals surface area contributed by atoms with E-state index < -0.39 is 14.9 Å². The first-order valence-electron chi connectivity index (χ1n) is 8.43. The van der Waals surface area contributed by atoms with Gasteiger partial charge in [0.05, 0.1) is 27.3 Å². The molecule has 0 atom stereocenters. The van der Waals surface area contributed by atoms with E-state index in [9.17, 15) is 18.5 Å². The quantitative estimate of drug-likeness (QED) is 0.359. The molecule has 0 radical (unpaired) electrons. The summed E-state index contributed by atoms with van der Waals surface area (Å²) in [6.07, 6.45) is 1.41. The zero-order chi connectivity index (χ0) is 21.2. The fourth-order valence-corrected chi connectivity index (χ4v) is 3.12. The SMILES string of the molecule is Cc1cc(-c2ccc(/C=N\Nc3ccc(S(N)(=O)=O)cc3)o2)c([N+](=O)[O-])cc1C. The second kappa shape index (κ2) is 7.86. The number of benzene rings is 2. The van der Waals surface area contributed by atoms with Gasteiger partial charge in [-0.25, -0.2) is 13.6 Å². The summed E-state index contributed by atoms with van der Waals surface area (Å²) in [5, 5.41) is 20.4. The Labute approximate surface area is 167 Å². The van der Waals surface area contributed by atoms with Crippen LogP contribution in [0.15, 0.2) is 62.9 Å². The average molecular weight is 414 g/mol. The van der Waals surface area contributed by atoms with E-state index in [0.717, 1.165) is 11.1 Å². The number of aryl methyl sites for hydroxylation is 2. The van der Waals surface area contributed by atoms with Crippen LogP contribution in [0.4, 0.5) is 11.4 Å². The molecule has 1 heterocycles. The molecule has 3 rings (SSSR count). The Balaban J connectivity index is 1.77. The van der Waals surface area contributed by atoms with Crippen molar-refractivity contribution in [3.05, 3.63) is 75.5 Å². The van der Waals surface area contributed by atoms with Crippen molar-refractivity contribution >= 4 is 27.6 Å². The molecule has 0 saturated heterocycles. The summed E-state index contributed by atoms with van der Waals surface area (Å²) in [5.74, 6) is 0.750. The van der Waals surface area contributed by atoms with Crippen LogP contribution in [0.2, 0.25) is 0 Å². The normalized spacial score (nSPS) is 11.7. The highest BCUT2D eigenvalue weighted by atomic mass is 32.2. The lowest BCUT2D eigenvalue weighted by Gasteiger charge is -2.04. The number of rotatable bonds is 6. The molecule has 3 N–H and O–H groups in total. The van der Waals surface area contributed by atoms with E-state index in [0.29, 0.717) is 22.8 Å². The maximum atomic E-state index is 11.4. The number of hydrazone groups is 1. The molecule has 0 amide bonds. The van der Waals surface area contributed by atoms with E-state index in [4.69, 9.17) is 9.56 Å². The molecular weight excluding hydrogens is 396 g/mol. The van der Waals surface area contributed by atoms with Gasteiger partial charge in [-0.15, -0.1) is 0 Å². The van der Waals surface area contributed by atoms with E-state index >= 15 is 0 Å². The monoisotopic (exact) mass is 414 g/mol. The highest BCUT2D eigenvalue weighted by Crippen LogP contribution is 2.33. The van der Waals surface area contributed by atoms with Gasteiger partial charge in [-0.3, -0.25) is 15.5 Å². The third-order valence-electron chi connectivity index (χ3n) is 4.27. The predicted octanol–water partition coefficient (Wildman–Crippen LogP) is 3.57. The maximum Gasteiger partial charge on any atom is 0.280 e.